The Morgan fingerprint density at radius 2 is 0.671 bits per heavy atom. The maximum atomic E-state index is 13.2. The van der Waals surface area contributed by atoms with Gasteiger partial charge in [-0.2, -0.15) is 0 Å². The fourth-order valence-electron chi connectivity index (χ4n) is 10.3. The normalized spacial score (nSPS) is 11.0. The van der Waals surface area contributed by atoms with Crippen molar-refractivity contribution in [1.82, 2.24) is 39.0 Å². The van der Waals surface area contributed by atoms with Gasteiger partial charge in [0.1, 0.15) is 0 Å². The molecule has 0 aliphatic heterocycles. The number of para-hydroxylation sites is 4. The number of nitrogens with zero attached hydrogens (tertiary/aromatic N) is 8. The summed E-state index contributed by atoms with van der Waals surface area (Å²) in [5.74, 6) is -2.57. The van der Waals surface area contributed by atoms with E-state index in [0.29, 0.717) is 11.4 Å². The average Bonchev–Trinajstić information content (AvgIpc) is 4.04. The predicted molar refractivity (Wildman–Crippen MR) is 311 cm³/mol. The van der Waals surface area contributed by atoms with E-state index in [9.17, 15) is 17.6 Å². The van der Waals surface area contributed by atoms with E-state index in [4.69, 9.17) is 0 Å². The smallest absolute Gasteiger partial charge is 0.442 e. The molecule has 8 nitrogen and oxygen atoms in total. The Morgan fingerprint density at radius 1 is 0.329 bits per heavy atom. The van der Waals surface area contributed by atoms with Crippen LogP contribution in [0.5, 0.6) is 0 Å². The number of rotatable bonds is 4. The summed E-state index contributed by atoms with van der Waals surface area (Å²) >= 11 is 0. The standard InChI is InChI=1S/2C23H14N3.2C11H6F2N.2Pt/c2*1-3-9-21-16(6-1)17-7-2-4-10-22(17)26(21)15-11-12-20-19(14-15)18-8-5-13-24-23(18)25-20;2*12-8-4-5-9(10(13)7-8)11-3-1-2-6-14-11;;/h2*1-14H;2*1-4,6-7H;;/q4*-1;2*+2. The molecule has 8 aromatic heterocycles. The average molecular weight is 1440 g/mol. The number of aromatic nitrogens is 8. The minimum Gasteiger partial charge on any atom is -0.442 e. The molecule has 0 aliphatic rings. The summed E-state index contributed by atoms with van der Waals surface area (Å²) in [5, 5.41) is 9.59. The molecule has 0 unspecified atom stereocenters. The minimum absolute atomic E-state index is 0. The van der Waals surface area contributed by atoms with Gasteiger partial charge < -0.3 is 39.0 Å². The Balaban J connectivity index is 0.000000119. The van der Waals surface area contributed by atoms with Crippen LogP contribution >= 0.6 is 0 Å². The third-order valence-electron chi connectivity index (χ3n) is 13.8. The molecule has 0 bridgehead atoms. The third-order valence-corrected chi connectivity index (χ3v) is 13.8. The largest absolute Gasteiger partial charge is 2.00 e. The van der Waals surface area contributed by atoms with E-state index in [1.807, 2.05) is 12.1 Å². The van der Waals surface area contributed by atoms with Crippen molar-refractivity contribution in [2.24, 2.45) is 0 Å². The monoisotopic (exact) mass is 1430 g/mol. The summed E-state index contributed by atoms with van der Waals surface area (Å²) in [6.07, 6.45) is 6.68. The van der Waals surface area contributed by atoms with Gasteiger partial charge in [0, 0.05) is 68.6 Å². The molecule has 8 heterocycles. The molecule has 0 atom stereocenters. The van der Waals surface area contributed by atoms with Gasteiger partial charge >= 0.3 is 42.1 Å². The van der Waals surface area contributed by atoms with E-state index in [1.54, 1.807) is 61.2 Å². The number of halogens is 4. The van der Waals surface area contributed by atoms with Gasteiger partial charge in [-0.1, -0.05) is 180 Å². The van der Waals surface area contributed by atoms with Crippen LogP contribution in [0.25, 0.3) is 121 Å². The molecule has 0 spiro atoms. The van der Waals surface area contributed by atoms with E-state index in [1.165, 1.54) is 43.6 Å². The van der Waals surface area contributed by atoms with Crippen LogP contribution in [0.2, 0.25) is 0 Å². The molecular formula is C68H40F4N8Pt2. The molecule has 16 rings (SSSR count). The summed E-state index contributed by atoms with van der Waals surface area (Å²) in [6, 6.07) is 74.4. The number of benzene rings is 8. The first-order valence-corrected chi connectivity index (χ1v) is 25.5. The topological polar surface area (TPSA) is 89.6 Å². The SMILES string of the molecule is Fc1c[c-]c(-c2ccccn2)c(F)c1.Fc1c[c-]c(-c2ccccn2)c(F)c1.[Pt+2].[Pt+2].c1cnc2[n-]c3ccc(-n4c5ccccc5c5ccccc54)cc3c2c1.c1cnc2[n-]c3ccc(-n4c5ccccc5c5ccccc54)cc3c2c1. The van der Waals surface area contributed by atoms with Gasteiger partial charge in [-0.15, -0.1) is 24.3 Å². The number of hydrogen-bond donors (Lipinski definition) is 0. The number of fused-ring (bicyclic) bond motifs is 12. The maximum Gasteiger partial charge on any atom is 2.00 e. The van der Waals surface area contributed by atoms with Crippen LogP contribution < -0.4 is 9.97 Å². The Morgan fingerprint density at radius 3 is 1.02 bits per heavy atom. The molecule has 16 aromatic rings. The van der Waals surface area contributed by atoms with Crippen LogP contribution in [0.15, 0.2) is 243 Å². The van der Waals surface area contributed by atoms with Gasteiger partial charge in [-0.25, -0.2) is 0 Å². The summed E-state index contributed by atoms with van der Waals surface area (Å²) < 4.78 is 56.3. The van der Waals surface area contributed by atoms with Crippen molar-refractivity contribution in [2.45, 2.75) is 0 Å². The Hall–Kier alpha value is -9.34. The first-order valence-electron chi connectivity index (χ1n) is 25.5. The van der Waals surface area contributed by atoms with Gasteiger partial charge in [0.15, 0.2) is 0 Å². The predicted octanol–water partition coefficient (Wildman–Crippen LogP) is 16.5. The van der Waals surface area contributed by atoms with Crippen LogP contribution in [0.3, 0.4) is 0 Å². The summed E-state index contributed by atoms with van der Waals surface area (Å²) in [4.78, 5) is 26.0. The first-order chi connectivity index (χ1) is 39.3. The Labute approximate surface area is 495 Å². The number of pyridine rings is 4. The van der Waals surface area contributed by atoms with E-state index in [2.05, 4.69) is 197 Å². The minimum atomic E-state index is -0.649. The molecule has 400 valence electrons. The molecule has 0 fully saturated rings. The Kier molecular flexibility index (Phi) is 15.8. The fourth-order valence-corrected chi connectivity index (χ4v) is 10.3. The first kappa shape index (κ1) is 54.6. The zero-order valence-corrected chi connectivity index (χ0v) is 47.4. The molecule has 8 aromatic carbocycles. The fraction of sp³-hybridized carbons (Fsp3) is 0. The van der Waals surface area contributed by atoms with Gasteiger partial charge in [-0.05, 0) is 105 Å². The van der Waals surface area contributed by atoms with Crippen molar-refractivity contribution in [3.05, 3.63) is 279 Å². The van der Waals surface area contributed by atoms with E-state index < -0.39 is 23.3 Å². The van der Waals surface area contributed by atoms with Crippen molar-refractivity contribution >= 4 is 87.5 Å². The van der Waals surface area contributed by atoms with Gasteiger partial charge in [-0.3, -0.25) is 17.6 Å². The maximum absolute atomic E-state index is 13.2. The molecule has 14 heteroatoms. The van der Waals surface area contributed by atoms with Crippen LogP contribution in [-0.2, 0) is 42.1 Å². The van der Waals surface area contributed by atoms with E-state index in [-0.39, 0.29) is 53.3 Å². The molecule has 0 N–H and O–H groups in total. The summed E-state index contributed by atoms with van der Waals surface area (Å²) in [6.45, 7) is 0. The second kappa shape index (κ2) is 23.8. The molecule has 0 radical (unpaired) electrons. The summed E-state index contributed by atoms with van der Waals surface area (Å²) in [7, 11) is 0. The molecular weight excluding hydrogens is 1390 g/mol. The van der Waals surface area contributed by atoms with Gasteiger partial charge in [0.25, 0.3) is 0 Å². The summed E-state index contributed by atoms with van der Waals surface area (Å²) in [5.41, 5.74) is 12.0. The van der Waals surface area contributed by atoms with Crippen LogP contribution in [-0.4, -0.2) is 29.1 Å². The van der Waals surface area contributed by atoms with Crippen molar-refractivity contribution in [3.63, 3.8) is 0 Å². The van der Waals surface area contributed by atoms with E-state index in [0.717, 1.165) is 79.5 Å². The van der Waals surface area contributed by atoms with Gasteiger partial charge in [0.2, 0.25) is 0 Å². The van der Waals surface area contributed by atoms with Crippen LogP contribution in [0.4, 0.5) is 17.6 Å². The van der Waals surface area contributed by atoms with Crippen LogP contribution in [0.1, 0.15) is 0 Å². The second-order valence-electron chi connectivity index (χ2n) is 18.6. The quantitative estimate of drug-likeness (QED) is 0.129. The Bertz CT molecular complexity index is 4510. The second-order valence-corrected chi connectivity index (χ2v) is 18.6. The van der Waals surface area contributed by atoms with Crippen molar-refractivity contribution in [1.29, 1.82) is 0 Å². The van der Waals surface area contributed by atoms with Crippen LogP contribution in [0, 0.1) is 35.4 Å². The molecule has 0 saturated heterocycles. The zero-order chi connectivity index (χ0) is 54.1. The molecule has 82 heavy (non-hydrogen) atoms. The van der Waals surface area contributed by atoms with E-state index >= 15 is 0 Å². The molecule has 0 saturated carbocycles. The third kappa shape index (κ3) is 10.5. The number of hydrogen-bond acceptors (Lipinski definition) is 4. The molecule has 0 aliphatic carbocycles. The van der Waals surface area contributed by atoms with Crippen molar-refractivity contribution in [2.75, 3.05) is 0 Å². The zero-order valence-electron chi connectivity index (χ0n) is 42.8. The van der Waals surface area contributed by atoms with Crippen molar-refractivity contribution < 1.29 is 59.7 Å². The van der Waals surface area contributed by atoms with Gasteiger partial charge in [0.05, 0.1) is 22.1 Å². The molecule has 0 amide bonds. The van der Waals surface area contributed by atoms with Crippen molar-refractivity contribution in [3.8, 4) is 33.9 Å².